The number of piperidine rings is 1. The van der Waals surface area contributed by atoms with E-state index in [0.29, 0.717) is 32.1 Å². The number of benzene rings is 1. The highest BCUT2D eigenvalue weighted by molar-refractivity contribution is 5.80. The van der Waals surface area contributed by atoms with Crippen LogP contribution in [0.3, 0.4) is 0 Å². The Morgan fingerprint density at radius 3 is 2.25 bits per heavy atom. The van der Waals surface area contributed by atoms with Crippen LogP contribution < -0.4 is 0 Å². The van der Waals surface area contributed by atoms with Crippen LogP contribution in [-0.2, 0) is 9.53 Å². The van der Waals surface area contributed by atoms with Gasteiger partial charge in [0, 0.05) is 39.6 Å². The van der Waals surface area contributed by atoms with Crippen LogP contribution in [0.5, 0.6) is 0 Å². The van der Waals surface area contributed by atoms with Gasteiger partial charge >= 0.3 is 6.03 Å². The highest BCUT2D eigenvalue weighted by Crippen LogP contribution is 2.40. The van der Waals surface area contributed by atoms with E-state index < -0.39 is 0 Å². The molecule has 1 aliphatic carbocycles. The van der Waals surface area contributed by atoms with Crippen molar-refractivity contribution in [1.82, 2.24) is 14.7 Å². The minimum Gasteiger partial charge on any atom is -0.366 e. The summed E-state index contributed by atoms with van der Waals surface area (Å²) in [5.41, 5.74) is 1.15. The second-order valence-corrected chi connectivity index (χ2v) is 8.59. The summed E-state index contributed by atoms with van der Waals surface area (Å²) >= 11 is 0. The maximum absolute atomic E-state index is 13.3. The average molecular weight is 386 g/mol. The highest BCUT2D eigenvalue weighted by atomic mass is 16.5. The average Bonchev–Trinajstić information content (AvgIpc) is 3.58. The number of urea groups is 1. The van der Waals surface area contributed by atoms with E-state index in [9.17, 15) is 9.59 Å². The van der Waals surface area contributed by atoms with Gasteiger partial charge in [-0.05, 0) is 37.2 Å². The molecule has 4 rings (SSSR count). The van der Waals surface area contributed by atoms with Crippen LogP contribution in [-0.4, -0.2) is 73.0 Å². The van der Waals surface area contributed by atoms with Crippen LogP contribution in [0.25, 0.3) is 0 Å². The third-order valence-electron chi connectivity index (χ3n) is 6.25. The van der Waals surface area contributed by atoms with E-state index in [1.165, 1.54) is 12.8 Å². The van der Waals surface area contributed by atoms with E-state index in [0.717, 1.165) is 18.4 Å². The Labute approximate surface area is 167 Å². The van der Waals surface area contributed by atoms with Gasteiger partial charge in [-0.15, -0.1) is 0 Å². The number of hydrogen-bond donors (Lipinski definition) is 0. The van der Waals surface area contributed by atoms with Gasteiger partial charge < -0.3 is 19.4 Å². The molecular formula is C22H31N3O3. The molecule has 28 heavy (non-hydrogen) atoms. The van der Waals surface area contributed by atoms with Crippen molar-refractivity contribution in [3.63, 3.8) is 0 Å². The van der Waals surface area contributed by atoms with Crippen LogP contribution in [0, 0.1) is 11.8 Å². The third kappa shape index (κ3) is 4.17. The molecule has 0 spiro atoms. The maximum atomic E-state index is 13.3. The van der Waals surface area contributed by atoms with Crippen molar-refractivity contribution in [2.45, 2.75) is 37.9 Å². The smallest absolute Gasteiger partial charge is 0.319 e. The largest absolute Gasteiger partial charge is 0.366 e. The third-order valence-corrected chi connectivity index (χ3v) is 6.25. The topological polar surface area (TPSA) is 53.1 Å². The molecule has 0 bridgehead atoms. The van der Waals surface area contributed by atoms with Crippen molar-refractivity contribution >= 4 is 11.9 Å². The molecule has 2 aliphatic heterocycles. The van der Waals surface area contributed by atoms with Gasteiger partial charge in [0.2, 0.25) is 5.91 Å². The number of carbonyl (C=O) groups is 2. The fourth-order valence-electron chi connectivity index (χ4n) is 4.41. The van der Waals surface area contributed by atoms with Gasteiger partial charge in [0.15, 0.2) is 0 Å². The van der Waals surface area contributed by atoms with Gasteiger partial charge in [-0.3, -0.25) is 4.79 Å². The maximum Gasteiger partial charge on any atom is 0.319 e. The summed E-state index contributed by atoms with van der Waals surface area (Å²) in [5.74, 6) is 0.855. The van der Waals surface area contributed by atoms with Crippen LogP contribution in [0.15, 0.2) is 30.3 Å². The molecule has 2 atom stereocenters. The number of hydrogen-bond acceptors (Lipinski definition) is 3. The Hall–Kier alpha value is -2.08. The molecule has 1 aromatic carbocycles. The number of ether oxygens (including phenoxy) is 1. The number of amides is 3. The van der Waals surface area contributed by atoms with Crippen LogP contribution >= 0.6 is 0 Å². The molecule has 6 nitrogen and oxygen atoms in total. The van der Waals surface area contributed by atoms with E-state index in [4.69, 9.17) is 4.74 Å². The normalized spacial score (nSPS) is 26.2. The first-order chi connectivity index (χ1) is 13.5. The van der Waals surface area contributed by atoms with E-state index in [1.807, 2.05) is 28.0 Å². The fourth-order valence-corrected chi connectivity index (χ4v) is 4.41. The summed E-state index contributed by atoms with van der Waals surface area (Å²) in [5, 5.41) is 0. The Kier molecular flexibility index (Phi) is 5.58. The standard InChI is InChI=1S/C22H31N3O3/c1-23(2)22(27)24-12-10-18(11-13-24)21(26)25-14-19(16-6-4-3-5-7-16)28-20(15-25)17-8-9-17/h3-7,17-20H,8-15H2,1-2H3/t19-,20+/m0/s1. The Bertz CT molecular complexity index is 696. The molecule has 1 aromatic rings. The summed E-state index contributed by atoms with van der Waals surface area (Å²) in [6.07, 6.45) is 4.02. The van der Waals surface area contributed by atoms with Gasteiger partial charge in [-0.25, -0.2) is 4.79 Å². The van der Waals surface area contributed by atoms with Crippen molar-refractivity contribution in [2.75, 3.05) is 40.3 Å². The molecule has 3 aliphatic rings. The highest BCUT2D eigenvalue weighted by Gasteiger charge is 2.41. The number of carbonyl (C=O) groups excluding carboxylic acids is 2. The summed E-state index contributed by atoms with van der Waals surface area (Å²) in [6.45, 7) is 2.66. The molecular weight excluding hydrogens is 354 g/mol. The monoisotopic (exact) mass is 385 g/mol. The van der Waals surface area contributed by atoms with E-state index in [2.05, 4.69) is 12.1 Å². The van der Waals surface area contributed by atoms with Crippen molar-refractivity contribution in [3.05, 3.63) is 35.9 Å². The van der Waals surface area contributed by atoms with Crippen molar-refractivity contribution in [1.29, 1.82) is 0 Å². The van der Waals surface area contributed by atoms with Gasteiger partial charge in [0.1, 0.15) is 6.10 Å². The quantitative estimate of drug-likeness (QED) is 0.804. The molecule has 1 saturated carbocycles. The first kappa shape index (κ1) is 19.2. The molecule has 3 fully saturated rings. The minimum atomic E-state index is -0.0418. The van der Waals surface area contributed by atoms with Crippen LogP contribution in [0.1, 0.15) is 37.4 Å². The molecule has 6 heteroatoms. The predicted octanol–water partition coefficient (Wildman–Crippen LogP) is 2.76. The lowest BCUT2D eigenvalue weighted by Crippen LogP contribution is -2.52. The molecule has 0 aromatic heterocycles. The van der Waals surface area contributed by atoms with Crippen molar-refractivity contribution in [3.8, 4) is 0 Å². The summed E-state index contributed by atoms with van der Waals surface area (Å²) in [4.78, 5) is 30.9. The summed E-state index contributed by atoms with van der Waals surface area (Å²) in [6, 6.07) is 10.3. The van der Waals surface area contributed by atoms with Gasteiger partial charge in [-0.1, -0.05) is 30.3 Å². The zero-order valence-electron chi connectivity index (χ0n) is 16.9. The van der Waals surface area contributed by atoms with Crippen molar-refractivity contribution in [2.24, 2.45) is 11.8 Å². The molecule has 152 valence electrons. The molecule has 0 unspecified atom stereocenters. The van der Waals surface area contributed by atoms with Crippen LogP contribution in [0.2, 0.25) is 0 Å². The Morgan fingerprint density at radius 2 is 1.64 bits per heavy atom. The lowest BCUT2D eigenvalue weighted by atomic mass is 9.94. The number of likely N-dealkylation sites (tertiary alicyclic amines) is 1. The first-order valence-electron chi connectivity index (χ1n) is 10.5. The zero-order valence-corrected chi connectivity index (χ0v) is 16.9. The minimum absolute atomic E-state index is 0.0144. The lowest BCUT2D eigenvalue weighted by Gasteiger charge is -2.41. The number of morpholine rings is 1. The zero-order chi connectivity index (χ0) is 19.7. The SMILES string of the molecule is CN(C)C(=O)N1CCC(C(=O)N2C[C@@H](c3ccccc3)O[C@@H](C3CC3)C2)CC1. The van der Waals surface area contributed by atoms with Crippen molar-refractivity contribution < 1.29 is 14.3 Å². The predicted molar refractivity (Wildman–Crippen MR) is 107 cm³/mol. The number of rotatable bonds is 3. The molecule has 2 saturated heterocycles. The Morgan fingerprint density at radius 1 is 0.964 bits per heavy atom. The van der Waals surface area contributed by atoms with Crippen LogP contribution in [0.4, 0.5) is 4.79 Å². The first-order valence-corrected chi connectivity index (χ1v) is 10.5. The fraction of sp³-hybridized carbons (Fsp3) is 0.636. The van der Waals surface area contributed by atoms with E-state index in [-0.39, 0.29) is 30.1 Å². The lowest BCUT2D eigenvalue weighted by molar-refractivity contribution is -0.153. The molecule has 0 N–H and O–H groups in total. The second kappa shape index (κ2) is 8.11. The van der Waals surface area contributed by atoms with Gasteiger partial charge in [0.25, 0.3) is 0 Å². The van der Waals surface area contributed by atoms with Gasteiger partial charge in [0.05, 0.1) is 12.6 Å². The van der Waals surface area contributed by atoms with Gasteiger partial charge in [-0.2, -0.15) is 0 Å². The second-order valence-electron chi connectivity index (χ2n) is 8.59. The summed E-state index contributed by atoms with van der Waals surface area (Å²) in [7, 11) is 3.55. The molecule has 2 heterocycles. The van der Waals surface area contributed by atoms with E-state index in [1.54, 1.807) is 19.0 Å². The number of nitrogens with zero attached hydrogens (tertiary/aromatic N) is 3. The van der Waals surface area contributed by atoms with E-state index >= 15 is 0 Å². The molecule has 0 radical (unpaired) electrons. The molecule has 3 amide bonds. The summed E-state index contributed by atoms with van der Waals surface area (Å²) < 4.78 is 6.39. The Balaban J connectivity index is 1.41.